The van der Waals surface area contributed by atoms with Crippen molar-refractivity contribution >= 4 is 0 Å². The minimum absolute atomic E-state index is 0.445. The molecule has 0 saturated heterocycles. The molecule has 15 heavy (non-hydrogen) atoms. The van der Waals surface area contributed by atoms with Crippen molar-refractivity contribution in [3.8, 4) is 0 Å². The molecular formula is C15H31. The highest BCUT2D eigenvalue weighted by atomic mass is 14.2. The molecule has 0 aliphatic rings. The lowest BCUT2D eigenvalue weighted by atomic mass is 9.80. The summed E-state index contributed by atoms with van der Waals surface area (Å²) in [5, 5.41) is 0. The lowest BCUT2D eigenvalue weighted by Crippen LogP contribution is -2.13. The fourth-order valence-electron chi connectivity index (χ4n) is 2.00. The molecule has 0 heteroatoms. The topological polar surface area (TPSA) is 0 Å². The van der Waals surface area contributed by atoms with Crippen molar-refractivity contribution in [1.82, 2.24) is 0 Å². The van der Waals surface area contributed by atoms with Gasteiger partial charge in [-0.25, -0.2) is 0 Å². The van der Waals surface area contributed by atoms with Crippen molar-refractivity contribution in [1.29, 1.82) is 0 Å². The van der Waals surface area contributed by atoms with Gasteiger partial charge >= 0.3 is 0 Å². The van der Waals surface area contributed by atoms with Gasteiger partial charge in [0.25, 0.3) is 0 Å². The monoisotopic (exact) mass is 211 g/mol. The molecule has 0 aliphatic heterocycles. The highest BCUT2D eigenvalue weighted by Gasteiger charge is 2.17. The first-order chi connectivity index (χ1) is 6.87. The zero-order valence-electron chi connectivity index (χ0n) is 11.8. The molecule has 1 unspecified atom stereocenters. The molecule has 0 heterocycles. The van der Waals surface area contributed by atoms with Gasteiger partial charge < -0.3 is 0 Å². The van der Waals surface area contributed by atoms with Gasteiger partial charge in [0.2, 0.25) is 0 Å². The summed E-state index contributed by atoms with van der Waals surface area (Å²) >= 11 is 0. The summed E-state index contributed by atoms with van der Waals surface area (Å²) in [6, 6.07) is 0. The maximum absolute atomic E-state index is 2.54. The first-order valence-electron chi connectivity index (χ1n) is 6.71. The summed E-state index contributed by atoms with van der Waals surface area (Å²) in [5.74, 6) is 1.72. The molecule has 0 bridgehead atoms. The van der Waals surface area contributed by atoms with Gasteiger partial charge in [0.1, 0.15) is 0 Å². The highest BCUT2D eigenvalue weighted by molar-refractivity contribution is 4.85. The van der Waals surface area contributed by atoms with E-state index >= 15 is 0 Å². The van der Waals surface area contributed by atoms with Gasteiger partial charge in [0.15, 0.2) is 0 Å². The summed E-state index contributed by atoms with van der Waals surface area (Å²) in [6.45, 7) is 14.0. The first-order valence-corrected chi connectivity index (χ1v) is 6.71. The predicted octanol–water partition coefficient (Wildman–Crippen LogP) is 5.48. The van der Waals surface area contributed by atoms with Crippen molar-refractivity contribution < 1.29 is 0 Å². The summed E-state index contributed by atoms with van der Waals surface area (Å²) in [7, 11) is 0. The third-order valence-corrected chi connectivity index (χ3v) is 3.20. The van der Waals surface area contributed by atoms with Crippen LogP contribution >= 0.6 is 0 Å². The third kappa shape index (κ3) is 8.96. The second kappa shape index (κ2) is 7.30. The maximum atomic E-state index is 2.54. The molecule has 0 aliphatic carbocycles. The molecule has 0 amide bonds. The van der Waals surface area contributed by atoms with Crippen LogP contribution in [-0.4, -0.2) is 0 Å². The molecule has 0 aromatic carbocycles. The molecule has 0 saturated carbocycles. The molecule has 1 atom stereocenters. The van der Waals surface area contributed by atoms with E-state index in [2.05, 4.69) is 48.0 Å². The van der Waals surface area contributed by atoms with Gasteiger partial charge in [-0.1, -0.05) is 60.8 Å². The van der Waals surface area contributed by atoms with Gasteiger partial charge in [0.05, 0.1) is 0 Å². The minimum atomic E-state index is 0.445. The molecule has 0 rings (SSSR count). The Bertz CT molecular complexity index is 144. The van der Waals surface area contributed by atoms with Gasteiger partial charge in [-0.3, -0.25) is 0 Å². The highest BCUT2D eigenvalue weighted by Crippen LogP contribution is 2.30. The number of hydrogen-bond acceptors (Lipinski definition) is 0. The van der Waals surface area contributed by atoms with E-state index < -0.39 is 0 Å². The van der Waals surface area contributed by atoms with Crippen molar-refractivity contribution in [3.63, 3.8) is 0 Å². The largest absolute Gasteiger partial charge is 0.0654 e. The van der Waals surface area contributed by atoms with E-state index in [0.717, 1.165) is 11.8 Å². The molecule has 91 valence electrons. The number of hydrogen-bond donors (Lipinski definition) is 0. The van der Waals surface area contributed by atoms with Gasteiger partial charge in [0, 0.05) is 0 Å². The Labute approximate surface area is 97.8 Å². The molecule has 0 nitrogen and oxygen atoms in total. The van der Waals surface area contributed by atoms with Crippen LogP contribution in [0.5, 0.6) is 0 Å². The number of rotatable bonds is 8. The van der Waals surface area contributed by atoms with Crippen molar-refractivity contribution in [3.05, 3.63) is 6.42 Å². The SMILES string of the molecule is CCCC(C)(C)[CH]CC(C)CCC(C)C. The zero-order valence-corrected chi connectivity index (χ0v) is 11.8. The Morgan fingerprint density at radius 3 is 2.13 bits per heavy atom. The van der Waals surface area contributed by atoms with Crippen LogP contribution in [0.4, 0.5) is 0 Å². The van der Waals surface area contributed by atoms with Crippen LogP contribution < -0.4 is 0 Å². The van der Waals surface area contributed by atoms with Crippen LogP contribution in [0.25, 0.3) is 0 Å². The smallest absolute Gasteiger partial charge is 0.0323 e. The van der Waals surface area contributed by atoms with E-state index in [0.29, 0.717) is 5.41 Å². The van der Waals surface area contributed by atoms with Crippen molar-refractivity contribution in [2.75, 3.05) is 0 Å². The molecular weight excluding hydrogens is 180 g/mol. The Morgan fingerprint density at radius 1 is 1.07 bits per heavy atom. The van der Waals surface area contributed by atoms with Crippen LogP contribution in [0.15, 0.2) is 0 Å². The molecule has 0 fully saturated rings. The first kappa shape index (κ1) is 15.0. The lowest BCUT2D eigenvalue weighted by molar-refractivity contribution is 0.349. The normalized spacial score (nSPS) is 14.6. The summed E-state index contributed by atoms with van der Waals surface area (Å²) < 4.78 is 0. The standard InChI is InChI=1S/C15H31/c1-7-11-15(5,6)12-10-14(4)9-8-13(2)3/h12-14H,7-11H2,1-6H3. The van der Waals surface area contributed by atoms with Crippen molar-refractivity contribution in [2.24, 2.45) is 17.3 Å². The Morgan fingerprint density at radius 2 is 1.67 bits per heavy atom. The molecule has 1 radical (unpaired) electrons. The van der Waals surface area contributed by atoms with Crippen LogP contribution in [0.1, 0.15) is 73.6 Å². The summed E-state index contributed by atoms with van der Waals surface area (Å²) in [4.78, 5) is 0. The maximum Gasteiger partial charge on any atom is -0.0323 e. The lowest BCUT2D eigenvalue weighted by Gasteiger charge is -2.25. The fourth-order valence-corrected chi connectivity index (χ4v) is 2.00. The van der Waals surface area contributed by atoms with Crippen LogP contribution in [-0.2, 0) is 0 Å². The molecule has 0 spiro atoms. The van der Waals surface area contributed by atoms with Gasteiger partial charge in [-0.2, -0.15) is 0 Å². The van der Waals surface area contributed by atoms with Crippen LogP contribution in [0.2, 0.25) is 0 Å². The summed E-state index contributed by atoms with van der Waals surface area (Å²) in [5.41, 5.74) is 0.445. The van der Waals surface area contributed by atoms with E-state index in [1.54, 1.807) is 0 Å². The molecule has 0 aromatic heterocycles. The minimum Gasteiger partial charge on any atom is -0.0654 e. The van der Waals surface area contributed by atoms with E-state index in [4.69, 9.17) is 0 Å². The van der Waals surface area contributed by atoms with E-state index in [1.807, 2.05) is 0 Å². The predicted molar refractivity (Wildman–Crippen MR) is 70.8 cm³/mol. The van der Waals surface area contributed by atoms with E-state index in [9.17, 15) is 0 Å². The average molecular weight is 211 g/mol. The van der Waals surface area contributed by atoms with Gasteiger partial charge in [-0.05, 0) is 36.5 Å². The quantitative estimate of drug-likeness (QED) is 0.499. The molecule has 0 N–H and O–H groups in total. The van der Waals surface area contributed by atoms with Crippen LogP contribution in [0.3, 0.4) is 0 Å². The Balaban J connectivity index is 3.65. The van der Waals surface area contributed by atoms with E-state index in [-0.39, 0.29) is 0 Å². The van der Waals surface area contributed by atoms with Crippen molar-refractivity contribution in [2.45, 2.75) is 73.6 Å². The van der Waals surface area contributed by atoms with Crippen LogP contribution in [0, 0.1) is 23.7 Å². The van der Waals surface area contributed by atoms with Gasteiger partial charge in [-0.15, -0.1) is 0 Å². The summed E-state index contributed by atoms with van der Waals surface area (Å²) in [6.07, 6.45) is 9.22. The fraction of sp³-hybridized carbons (Fsp3) is 0.933. The van der Waals surface area contributed by atoms with E-state index in [1.165, 1.54) is 32.1 Å². The zero-order chi connectivity index (χ0) is 11.9. The second-order valence-electron chi connectivity index (χ2n) is 6.25. The molecule has 0 aromatic rings. The Hall–Kier alpha value is 0. The Kier molecular flexibility index (Phi) is 7.30. The average Bonchev–Trinajstić information content (AvgIpc) is 2.11. The third-order valence-electron chi connectivity index (χ3n) is 3.20. The second-order valence-corrected chi connectivity index (χ2v) is 6.25.